The number of aromatic nitrogens is 1. The second-order valence-electron chi connectivity index (χ2n) is 7.80. The molecule has 1 aromatic carbocycles. The first-order chi connectivity index (χ1) is 15.4. The van der Waals surface area contributed by atoms with Crippen molar-refractivity contribution in [3.63, 3.8) is 0 Å². The van der Waals surface area contributed by atoms with Crippen molar-refractivity contribution < 1.29 is 28.1 Å². The summed E-state index contributed by atoms with van der Waals surface area (Å²) in [7, 11) is 0. The van der Waals surface area contributed by atoms with Crippen molar-refractivity contribution in [2.75, 3.05) is 6.54 Å². The van der Waals surface area contributed by atoms with Crippen molar-refractivity contribution in [1.82, 2.24) is 21.1 Å². The van der Waals surface area contributed by atoms with Gasteiger partial charge in [-0.25, -0.2) is 4.39 Å². The van der Waals surface area contributed by atoms with E-state index in [0.717, 1.165) is 6.42 Å². The third-order valence-corrected chi connectivity index (χ3v) is 5.27. The zero-order valence-corrected chi connectivity index (χ0v) is 17.6. The van der Waals surface area contributed by atoms with E-state index < -0.39 is 29.7 Å². The first-order valence-corrected chi connectivity index (χ1v) is 10.4. The summed E-state index contributed by atoms with van der Waals surface area (Å²) in [6.07, 6.45) is 2.24. The molecule has 1 aliphatic heterocycles. The number of aldehydes is 1. The van der Waals surface area contributed by atoms with Gasteiger partial charge in [-0.05, 0) is 43.9 Å². The van der Waals surface area contributed by atoms with Crippen LogP contribution in [0, 0.1) is 18.7 Å². The summed E-state index contributed by atoms with van der Waals surface area (Å²) >= 11 is 0. The van der Waals surface area contributed by atoms with Gasteiger partial charge < -0.3 is 25.3 Å². The van der Waals surface area contributed by atoms with Crippen LogP contribution in [0.15, 0.2) is 34.9 Å². The van der Waals surface area contributed by atoms with Gasteiger partial charge in [-0.2, -0.15) is 0 Å². The van der Waals surface area contributed by atoms with Crippen LogP contribution in [0.3, 0.4) is 0 Å². The Kier molecular flexibility index (Phi) is 7.69. The number of hydrogen-bond acceptors (Lipinski definition) is 6. The van der Waals surface area contributed by atoms with Crippen LogP contribution in [0.5, 0.6) is 0 Å². The summed E-state index contributed by atoms with van der Waals surface area (Å²) in [6.45, 7) is 2.23. The number of benzene rings is 1. The molecule has 3 amide bonds. The van der Waals surface area contributed by atoms with Crippen molar-refractivity contribution in [2.45, 2.75) is 44.7 Å². The normalized spacial score (nSPS) is 17.7. The largest absolute Gasteiger partial charge is 0.361 e. The van der Waals surface area contributed by atoms with Crippen molar-refractivity contribution in [1.29, 1.82) is 0 Å². The number of amides is 3. The molecular formula is C22H25FN4O5. The summed E-state index contributed by atoms with van der Waals surface area (Å²) in [5, 5.41) is 11.6. The van der Waals surface area contributed by atoms with Gasteiger partial charge in [0, 0.05) is 24.9 Å². The molecule has 0 aliphatic carbocycles. The Morgan fingerprint density at radius 2 is 2.06 bits per heavy atom. The topological polar surface area (TPSA) is 130 Å². The average molecular weight is 444 g/mol. The summed E-state index contributed by atoms with van der Waals surface area (Å²) in [4.78, 5) is 49.1. The molecule has 0 spiro atoms. The Hall–Kier alpha value is -3.56. The number of hydrogen-bond donors (Lipinski definition) is 3. The fourth-order valence-electron chi connectivity index (χ4n) is 3.57. The minimum Gasteiger partial charge on any atom is -0.361 e. The second kappa shape index (κ2) is 10.7. The molecule has 1 fully saturated rings. The standard InChI is InChI=1S/C22H25FN4O5/c1-13-9-19(27-32-13)22(31)26-18(10-14-4-6-16(23)7-5-14)21(30)25-17(12-28)11-15-3-2-8-24-20(15)29/h4-7,9,12,15,17-18H,2-3,8,10-11H2,1H3,(H,24,29)(H,25,30)(H,26,31). The highest BCUT2D eigenvalue weighted by molar-refractivity contribution is 5.96. The van der Waals surface area contributed by atoms with E-state index in [1.54, 1.807) is 6.92 Å². The maximum absolute atomic E-state index is 13.2. The fourth-order valence-corrected chi connectivity index (χ4v) is 3.57. The number of piperidine rings is 1. The number of carbonyl (C=O) groups is 4. The molecule has 9 nitrogen and oxygen atoms in total. The van der Waals surface area contributed by atoms with Gasteiger partial charge >= 0.3 is 0 Å². The van der Waals surface area contributed by atoms with E-state index in [9.17, 15) is 23.6 Å². The Labute approximate surface area is 184 Å². The van der Waals surface area contributed by atoms with Gasteiger partial charge in [-0.15, -0.1) is 0 Å². The molecule has 32 heavy (non-hydrogen) atoms. The van der Waals surface area contributed by atoms with E-state index in [0.29, 0.717) is 30.6 Å². The quantitative estimate of drug-likeness (QED) is 0.496. The Morgan fingerprint density at radius 3 is 2.69 bits per heavy atom. The van der Waals surface area contributed by atoms with Crippen molar-refractivity contribution in [3.8, 4) is 0 Å². The number of carbonyl (C=O) groups excluding carboxylic acids is 4. The number of nitrogens with one attached hydrogen (secondary N) is 3. The van der Waals surface area contributed by atoms with E-state index in [2.05, 4.69) is 21.1 Å². The molecule has 10 heteroatoms. The van der Waals surface area contributed by atoms with Gasteiger partial charge in [0.05, 0.1) is 6.04 Å². The highest BCUT2D eigenvalue weighted by Gasteiger charge is 2.29. The monoisotopic (exact) mass is 444 g/mol. The zero-order chi connectivity index (χ0) is 23.1. The van der Waals surface area contributed by atoms with Gasteiger partial charge in [0.2, 0.25) is 11.8 Å². The van der Waals surface area contributed by atoms with E-state index in [-0.39, 0.29) is 30.4 Å². The zero-order valence-electron chi connectivity index (χ0n) is 17.6. The molecule has 3 unspecified atom stereocenters. The van der Waals surface area contributed by atoms with Crippen molar-refractivity contribution in [2.24, 2.45) is 5.92 Å². The Morgan fingerprint density at radius 1 is 1.31 bits per heavy atom. The number of halogens is 1. The lowest BCUT2D eigenvalue weighted by molar-refractivity contribution is -0.129. The van der Waals surface area contributed by atoms with E-state index >= 15 is 0 Å². The molecule has 1 aliphatic rings. The molecule has 1 aromatic heterocycles. The van der Waals surface area contributed by atoms with Crippen LogP contribution in [0.2, 0.25) is 0 Å². The highest BCUT2D eigenvalue weighted by atomic mass is 19.1. The lowest BCUT2D eigenvalue weighted by atomic mass is 9.92. The first-order valence-electron chi connectivity index (χ1n) is 10.4. The molecule has 3 atom stereocenters. The van der Waals surface area contributed by atoms with Crippen LogP contribution in [0.4, 0.5) is 4.39 Å². The molecule has 3 N–H and O–H groups in total. The molecule has 0 bridgehead atoms. The third-order valence-electron chi connectivity index (χ3n) is 5.27. The summed E-state index contributed by atoms with van der Waals surface area (Å²) in [5.74, 6) is -1.74. The molecule has 170 valence electrons. The first kappa shape index (κ1) is 23.1. The minimum atomic E-state index is -1.06. The lowest BCUT2D eigenvalue weighted by Gasteiger charge is -2.26. The smallest absolute Gasteiger partial charge is 0.274 e. The second-order valence-corrected chi connectivity index (χ2v) is 7.80. The summed E-state index contributed by atoms with van der Waals surface area (Å²) in [5.41, 5.74) is 0.614. The number of rotatable bonds is 9. The maximum atomic E-state index is 13.2. The van der Waals surface area contributed by atoms with E-state index in [1.807, 2.05) is 0 Å². The Balaban J connectivity index is 1.71. The van der Waals surface area contributed by atoms with Crippen LogP contribution < -0.4 is 16.0 Å². The number of nitrogens with zero attached hydrogens (tertiary/aromatic N) is 1. The van der Waals surface area contributed by atoms with Gasteiger partial charge in [0.1, 0.15) is 23.9 Å². The lowest BCUT2D eigenvalue weighted by Crippen LogP contribution is -2.52. The average Bonchev–Trinajstić information content (AvgIpc) is 3.22. The van der Waals surface area contributed by atoms with Gasteiger partial charge in [-0.1, -0.05) is 17.3 Å². The maximum Gasteiger partial charge on any atom is 0.274 e. The SMILES string of the molecule is Cc1cc(C(=O)NC(Cc2ccc(F)cc2)C(=O)NC(C=O)CC2CCCNC2=O)no1. The molecule has 2 heterocycles. The summed E-state index contributed by atoms with van der Waals surface area (Å²) in [6, 6.07) is 4.99. The van der Waals surface area contributed by atoms with Crippen LogP contribution in [0.1, 0.15) is 41.1 Å². The van der Waals surface area contributed by atoms with Crippen LogP contribution in [0.25, 0.3) is 0 Å². The number of aryl methyl sites for hydroxylation is 1. The van der Waals surface area contributed by atoms with E-state index in [4.69, 9.17) is 4.52 Å². The van der Waals surface area contributed by atoms with E-state index in [1.165, 1.54) is 30.3 Å². The molecule has 0 radical (unpaired) electrons. The predicted octanol–water partition coefficient (Wildman–Crippen LogP) is 1.06. The fraction of sp³-hybridized carbons (Fsp3) is 0.409. The molecule has 3 rings (SSSR count). The van der Waals surface area contributed by atoms with Gasteiger partial charge in [-0.3, -0.25) is 14.4 Å². The van der Waals surface area contributed by atoms with Crippen LogP contribution >= 0.6 is 0 Å². The van der Waals surface area contributed by atoms with Crippen molar-refractivity contribution in [3.05, 3.63) is 53.2 Å². The summed E-state index contributed by atoms with van der Waals surface area (Å²) < 4.78 is 18.1. The Bertz CT molecular complexity index is 975. The van der Waals surface area contributed by atoms with Crippen molar-refractivity contribution >= 4 is 24.0 Å². The molecule has 1 saturated heterocycles. The van der Waals surface area contributed by atoms with Crippen LogP contribution in [-0.4, -0.2) is 47.8 Å². The van der Waals surface area contributed by atoms with Gasteiger partial charge in [0.25, 0.3) is 5.91 Å². The molecule has 0 saturated carbocycles. The predicted molar refractivity (Wildman–Crippen MR) is 111 cm³/mol. The molecule has 2 aromatic rings. The molecular weight excluding hydrogens is 419 g/mol. The third kappa shape index (κ3) is 6.22. The van der Waals surface area contributed by atoms with Gasteiger partial charge in [0.15, 0.2) is 5.69 Å². The minimum absolute atomic E-state index is 0.00483. The highest BCUT2D eigenvalue weighted by Crippen LogP contribution is 2.17. The van der Waals surface area contributed by atoms with Crippen LogP contribution in [-0.2, 0) is 20.8 Å².